The summed E-state index contributed by atoms with van der Waals surface area (Å²) in [6.07, 6.45) is 12.9. The van der Waals surface area contributed by atoms with E-state index < -0.39 is 0 Å². The maximum atomic E-state index is 4.77. The first-order valence-corrected chi connectivity index (χ1v) is 24.2. The van der Waals surface area contributed by atoms with Gasteiger partial charge in [0.05, 0.1) is 0 Å². The smallest absolute Gasteiger partial charge is 0.0154 e. The third kappa shape index (κ3) is 10.6. The van der Waals surface area contributed by atoms with Gasteiger partial charge in [0.1, 0.15) is 0 Å². The minimum atomic E-state index is 0.219. The third-order valence-electron chi connectivity index (χ3n) is 14.1. The lowest BCUT2D eigenvalue weighted by Gasteiger charge is -2.42. The number of hydrogen-bond donors (Lipinski definition) is 0. The quantitative estimate of drug-likeness (QED) is 0.101. The molecule has 0 amide bonds. The van der Waals surface area contributed by atoms with Gasteiger partial charge in [-0.25, -0.2) is 0 Å². The molecule has 5 aromatic carbocycles. The van der Waals surface area contributed by atoms with E-state index in [9.17, 15) is 0 Å². The fraction of sp³-hybridized carbons (Fsp3) is 0.407. The number of hydrogen-bond acceptors (Lipinski definition) is 2. The van der Waals surface area contributed by atoms with Crippen LogP contribution in [0.1, 0.15) is 182 Å². The van der Waals surface area contributed by atoms with Crippen molar-refractivity contribution in [1.29, 1.82) is 0 Å². The van der Waals surface area contributed by atoms with Crippen LogP contribution in [0.5, 0.6) is 0 Å². The molecule has 0 bridgehead atoms. The molecule has 0 saturated heterocycles. The van der Waals surface area contributed by atoms with Gasteiger partial charge in [0.2, 0.25) is 0 Å². The van der Waals surface area contributed by atoms with Crippen molar-refractivity contribution in [3.05, 3.63) is 164 Å². The molecule has 0 saturated carbocycles. The number of fused-ring (bicyclic) bond motifs is 2. The molecule has 0 aromatic heterocycles. The first-order chi connectivity index (χ1) is 28.8. The third-order valence-corrected chi connectivity index (χ3v) is 15.6. The van der Waals surface area contributed by atoms with E-state index in [4.69, 9.17) is 12.2 Å². The minimum absolute atomic E-state index is 0.219. The van der Waals surface area contributed by atoms with Crippen LogP contribution in [0.25, 0.3) is 23.3 Å². The van der Waals surface area contributed by atoms with Crippen molar-refractivity contribution < 1.29 is 0 Å². The van der Waals surface area contributed by atoms with Crippen LogP contribution in [0.2, 0.25) is 0 Å². The second-order valence-corrected chi connectivity index (χ2v) is 21.8. The van der Waals surface area contributed by atoms with Gasteiger partial charge in [-0.05, 0) is 170 Å². The molecule has 0 spiro atoms. The average molecular weight is 845 g/mol. The van der Waals surface area contributed by atoms with Crippen LogP contribution in [0.3, 0.4) is 0 Å². The van der Waals surface area contributed by atoms with Crippen molar-refractivity contribution >= 4 is 52.6 Å². The molecule has 0 heterocycles. The number of allylic oxidation sites excluding steroid dienone is 2. The van der Waals surface area contributed by atoms with Crippen molar-refractivity contribution in [2.75, 3.05) is 0 Å². The van der Waals surface area contributed by atoms with Gasteiger partial charge in [-0.2, -0.15) is 0 Å². The molecular formula is C59H72S2. The maximum absolute atomic E-state index is 4.77. The lowest BCUT2D eigenvalue weighted by Crippen LogP contribution is -2.33. The number of rotatable bonds is 10. The second-order valence-electron chi connectivity index (χ2n) is 20.5. The van der Waals surface area contributed by atoms with Crippen molar-refractivity contribution in [3.63, 3.8) is 0 Å². The summed E-state index contributed by atoms with van der Waals surface area (Å²) in [6, 6.07) is 36.9. The topological polar surface area (TPSA) is 0 Å². The molecule has 61 heavy (non-hydrogen) atoms. The summed E-state index contributed by atoms with van der Waals surface area (Å²) in [6.45, 7) is 30.6. The normalized spacial score (nSPS) is 17.4. The predicted octanol–water partition coefficient (Wildman–Crippen LogP) is 17.4. The lowest BCUT2D eigenvalue weighted by atomic mass is 9.63. The number of aryl methyl sites for hydroxylation is 3. The standard InChI is InChI=1S/C50H62S.C9H10S/c1-13-37-29-35(27-33(3)39-17-19-41-43(31-39)49(9,10)25-23-47(41,5)6)15-21-45(37)51-46-22-16-36(30-38(46)14-2)28-34(4)40-18-20-42-44(32-40)50(11,12)26-24-48(42,7)8;1-2-8-3-5-9(7-10)6-4-8/h15-22,27-32H,13-14,23-26H2,1-12H3;3-7H,2H2,1H3. The van der Waals surface area contributed by atoms with E-state index in [2.05, 4.69) is 187 Å². The second kappa shape index (κ2) is 18.8. The molecule has 2 aliphatic carbocycles. The lowest BCUT2D eigenvalue weighted by molar-refractivity contribution is 0.332. The largest absolute Gasteiger partial charge is 0.0895 e. The van der Waals surface area contributed by atoms with Crippen molar-refractivity contribution in [1.82, 2.24) is 0 Å². The Bertz CT molecular complexity index is 2280. The molecule has 0 fully saturated rings. The molecule has 0 aliphatic heterocycles. The van der Waals surface area contributed by atoms with Crippen LogP contribution < -0.4 is 0 Å². The molecule has 0 atom stereocenters. The Balaban J connectivity index is 0.000000546. The zero-order valence-corrected chi connectivity index (χ0v) is 41.4. The van der Waals surface area contributed by atoms with Crippen LogP contribution in [0.4, 0.5) is 0 Å². The summed E-state index contributed by atoms with van der Waals surface area (Å²) < 4.78 is 0. The van der Waals surface area contributed by atoms with Crippen LogP contribution in [0.15, 0.2) is 107 Å². The fourth-order valence-electron chi connectivity index (χ4n) is 9.41. The first-order valence-electron chi connectivity index (χ1n) is 23.0. The zero-order valence-electron chi connectivity index (χ0n) is 39.7. The highest BCUT2D eigenvalue weighted by molar-refractivity contribution is 7.99. The van der Waals surface area contributed by atoms with Gasteiger partial charge >= 0.3 is 0 Å². The van der Waals surface area contributed by atoms with E-state index in [-0.39, 0.29) is 21.7 Å². The summed E-state index contributed by atoms with van der Waals surface area (Å²) in [5, 5.41) is 1.69. The van der Waals surface area contributed by atoms with E-state index in [1.807, 2.05) is 23.9 Å². The highest BCUT2D eigenvalue weighted by Crippen LogP contribution is 2.48. The summed E-state index contributed by atoms with van der Waals surface area (Å²) in [5.74, 6) is 0. The van der Waals surface area contributed by atoms with E-state index in [1.54, 1.807) is 5.37 Å². The minimum Gasteiger partial charge on any atom is -0.0895 e. The van der Waals surface area contributed by atoms with Gasteiger partial charge in [-0.1, -0.05) is 197 Å². The monoisotopic (exact) mass is 845 g/mol. The molecule has 2 aliphatic rings. The van der Waals surface area contributed by atoms with Gasteiger partial charge in [0.25, 0.3) is 0 Å². The van der Waals surface area contributed by atoms with E-state index in [0.29, 0.717) is 0 Å². The Morgan fingerprint density at radius 3 is 1.21 bits per heavy atom. The average Bonchev–Trinajstić information content (AvgIpc) is 3.25. The molecule has 0 radical (unpaired) electrons. The summed E-state index contributed by atoms with van der Waals surface area (Å²) in [4.78, 5) is 2.72. The zero-order chi connectivity index (χ0) is 44.3. The Hall–Kier alpha value is -3.98. The molecule has 5 aromatic rings. The highest BCUT2D eigenvalue weighted by atomic mass is 32.2. The van der Waals surface area contributed by atoms with Crippen LogP contribution in [0, 0.1) is 0 Å². The van der Waals surface area contributed by atoms with Crippen molar-refractivity contribution in [2.24, 2.45) is 0 Å². The molecular weight excluding hydrogens is 773 g/mol. The summed E-state index contributed by atoms with van der Waals surface area (Å²) in [5.41, 5.74) is 20.2. The first kappa shape index (κ1) is 46.5. The van der Waals surface area contributed by atoms with Crippen LogP contribution in [-0.4, -0.2) is 5.37 Å². The molecule has 0 nitrogen and oxygen atoms in total. The Morgan fingerprint density at radius 2 is 0.852 bits per heavy atom. The van der Waals surface area contributed by atoms with E-state index >= 15 is 0 Å². The van der Waals surface area contributed by atoms with Gasteiger partial charge < -0.3 is 0 Å². The SMILES string of the molecule is CCc1cc(C=C(C)c2ccc3c(c2)C(C)(C)CCC3(C)C)ccc1Sc1ccc(C=C(C)c2ccc3c(c2)C(C)(C)CCC3(C)C)cc1CC.CCc1ccc(C=S)cc1. The molecule has 0 unspecified atom stereocenters. The number of thiocarbonyl (C=S) groups is 1. The van der Waals surface area contributed by atoms with Crippen molar-refractivity contribution in [2.45, 2.75) is 166 Å². The summed E-state index contributed by atoms with van der Waals surface area (Å²) >= 11 is 6.70. The number of benzene rings is 5. The van der Waals surface area contributed by atoms with Crippen molar-refractivity contribution in [3.8, 4) is 0 Å². The van der Waals surface area contributed by atoms with Crippen LogP contribution in [-0.2, 0) is 40.9 Å². The molecule has 320 valence electrons. The Labute approximate surface area is 380 Å². The van der Waals surface area contributed by atoms with E-state index in [0.717, 1.165) is 24.8 Å². The Morgan fingerprint density at radius 1 is 0.475 bits per heavy atom. The molecule has 7 rings (SSSR count). The summed E-state index contributed by atoms with van der Waals surface area (Å²) in [7, 11) is 0. The van der Waals surface area contributed by atoms with Gasteiger partial charge in [0.15, 0.2) is 0 Å². The Kier molecular flexibility index (Phi) is 14.3. The van der Waals surface area contributed by atoms with Gasteiger partial charge in [-0.3, -0.25) is 0 Å². The van der Waals surface area contributed by atoms with Crippen LogP contribution >= 0.6 is 24.0 Å². The molecule has 0 N–H and O–H groups in total. The van der Waals surface area contributed by atoms with E-state index in [1.165, 1.54) is 108 Å². The maximum Gasteiger partial charge on any atom is 0.0154 e. The van der Waals surface area contributed by atoms with Gasteiger partial charge in [0, 0.05) is 15.2 Å². The predicted molar refractivity (Wildman–Crippen MR) is 275 cm³/mol. The molecule has 2 heteroatoms. The highest BCUT2D eigenvalue weighted by Gasteiger charge is 2.38. The van der Waals surface area contributed by atoms with Gasteiger partial charge in [-0.15, -0.1) is 0 Å². The fourth-order valence-corrected chi connectivity index (χ4v) is 10.7.